The van der Waals surface area contributed by atoms with Crippen LogP contribution in [-0.2, 0) is 10.0 Å². The van der Waals surface area contributed by atoms with Gasteiger partial charge < -0.3 is 14.6 Å². The number of rotatable bonds is 5. The molecule has 0 aromatic heterocycles. The molecule has 6 nitrogen and oxygen atoms in total. The monoisotopic (exact) mass is 323 g/mol. The summed E-state index contributed by atoms with van der Waals surface area (Å²) in [4.78, 5) is -0.186. The fraction of sp³-hybridized carbons (Fsp3) is 0.200. The number of hydrogen-bond donors (Lipinski definition) is 2. The van der Waals surface area contributed by atoms with Crippen molar-refractivity contribution >= 4 is 15.7 Å². The van der Waals surface area contributed by atoms with E-state index < -0.39 is 10.0 Å². The molecule has 0 amide bonds. The van der Waals surface area contributed by atoms with Crippen molar-refractivity contribution in [3.05, 3.63) is 42.0 Å². The number of anilines is 1. The van der Waals surface area contributed by atoms with Crippen molar-refractivity contribution in [2.24, 2.45) is 0 Å². The molecular weight excluding hydrogens is 306 g/mol. The van der Waals surface area contributed by atoms with Crippen molar-refractivity contribution in [2.75, 3.05) is 18.9 Å². The molecule has 2 N–H and O–H groups in total. The molecule has 0 heterocycles. The third-order valence-electron chi connectivity index (χ3n) is 3.01. The van der Waals surface area contributed by atoms with E-state index in [0.717, 1.165) is 5.56 Å². The van der Waals surface area contributed by atoms with Crippen molar-refractivity contribution in [3.63, 3.8) is 0 Å². The van der Waals surface area contributed by atoms with Gasteiger partial charge in [0.15, 0.2) is 0 Å². The quantitative estimate of drug-likeness (QED) is 0.883. The highest BCUT2D eigenvalue weighted by Gasteiger charge is 2.19. The minimum absolute atomic E-state index is 0.186. The maximum Gasteiger partial charge on any atom is 0.265 e. The normalized spacial score (nSPS) is 11.0. The number of benzene rings is 2. The van der Waals surface area contributed by atoms with E-state index in [-0.39, 0.29) is 16.3 Å². The predicted octanol–water partition coefficient (Wildman–Crippen LogP) is 2.52. The molecule has 0 saturated carbocycles. The first-order chi connectivity index (χ1) is 10.4. The summed E-state index contributed by atoms with van der Waals surface area (Å²) < 4.78 is 37.4. The number of nitrogens with one attached hydrogen (secondary N) is 1. The fourth-order valence-corrected chi connectivity index (χ4v) is 3.14. The molecule has 22 heavy (non-hydrogen) atoms. The van der Waals surface area contributed by atoms with Gasteiger partial charge in [-0.3, -0.25) is 4.72 Å². The number of hydrogen-bond acceptors (Lipinski definition) is 5. The van der Waals surface area contributed by atoms with Crippen LogP contribution in [0.1, 0.15) is 5.56 Å². The standard InChI is InChI=1S/C15H17NO5S/c1-10-4-5-14(17)15(6-10)22(18,19)16-11-7-12(20-2)9-13(8-11)21-3/h4-9,16-17H,1-3H3. The van der Waals surface area contributed by atoms with Crippen LogP contribution in [0.3, 0.4) is 0 Å². The Bertz CT molecular complexity index is 764. The number of aryl methyl sites for hydroxylation is 1. The summed E-state index contributed by atoms with van der Waals surface area (Å²) in [5.41, 5.74) is 0.999. The number of phenolic OH excluding ortho intramolecular Hbond substituents is 1. The summed E-state index contributed by atoms with van der Waals surface area (Å²) in [6, 6.07) is 9.04. The average Bonchev–Trinajstić information content (AvgIpc) is 2.48. The lowest BCUT2D eigenvalue weighted by Crippen LogP contribution is -2.13. The number of sulfonamides is 1. The summed E-state index contributed by atoms with van der Waals surface area (Å²) in [6.45, 7) is 1.74. The van der Waals surface area contributed by atoms with Crippen molar-refractivity contribution in [3.8, 4) is 17.2 Å². The first-order valence-electron chi connectivity index (χ1n) is 6.41. The summed E-state index contributed by atoms with van der Waals surface area (Å²) in [6.07, 6.45) is 0. The van der Waals surface area contributed by atoms with Gasteiger partial charge in [-0.05, 0) is 24.6 Å². The van der Waals surface area contributed by atoms with E-state index in [1.807, 2.05) is 0 Å². The fourth-order valence-electron chi connectivity index (χ4n) is 1.91. The van der Waals surface area contributed by atoms with E-state index >= 15 is 0 Å². The van der Waals surface area contributed by atoms with Gasteiger partial charge in [-0.25, -0.2) is 8.42 Å². The Kier molecular flexibility index (Phi) is 4.46. The first-order valence-corrected chi connectivity index (χ1v) is 7.89. The number of phenols is 1. The highest BCUT2D eigenvalue weighted by Crippen LogP contribution is 2.30. The summed E-state index contributed by atoms with van der Waals surface area (Å²) in [5, 5.41) is 9.78. The zero-order chi connectivity index (χ0) is 16.3. The zero-order valence-corrected chi connectivity index (χ0v) is 13.3. The lowest BCUT2D eigenvalue weighted by Gasteiger charge is -2.12. The van der Waals surface area contributed by atoms with E-state index in [2.05, 4.69) is 4.72 Å². The smallest absolute Gasteiger partial charge is 0.265 e. The third kappa shape index (κ3) is 3.43. The lowest BCUT2D eigenvalue weighted by molar-refractivity contribution is 0.395. The first kappa shape index (κ1) is 16.0. The number of aromatic hydroxyl groups is 1. The van der Waals surface area contributed by atoms with Crippen LogP contribution < -0.4 is 14.2 Å². The van der Waals surface area contributed by atoms with Crippen LogP contribution in [0.5, 0.6) is 17.2 Å². The highest BCUT2D eigenvalue weighted by atomic mass is 32.2. The molecule has 0 fully saturated rings. The van der Waals surface area contributed by atoms with Gasteiger partial charge in [0, 0.05) is 18.2 Å². The van der Waals surface area contributed by atoms with E-state index in [1.165, 1.54) is 38.5 Å². The van der Waals surface area contributed by atoms with Crippen LogP contribution in [-0.4, -0.2) is 27.7 Å². The van der Waals surface area contributed by atoms with Gasteiger partial charge in [0.05, 0.1) is 19.9 Å². The molecule has 0 bridgehead atoms. The molecule has 118 valence electrons. The van der Waals surface area contributed by atoms with Crippen molar-refractivity contribution in [1.29, 1.82) is 0 Å². The Morgan fingerprint density at radius 1 is 1.00 bits per heavy atom. The van der Waals surface area contributed by atoms with Gasteiger partial charge in [0.2, 0.25) is 0 Å². The predicted molar refractivity (Wildman–Crippen MR) is 83.2 cm³/mol. The maximum atomic E-state index is 12.4. The Balaban J connectivity index is 2.42. The molecule has 0 unspecified atom stereocenters. The van der Waals surface area contributed by atoms with E-state index in [4.69, 9.17) is 9.47 Å². The van der Waals surface area contributed by atoms with Gasteiger partial charge in [0.1, 0.15) is 22.1 Å². The largest absolute Gasteiger partial charge is 0.507 e. The van der Waals surface area contributed by atoms with E-state index in [0.29, 0.717) is 11.5 Å². The molecule has 0 atom stereocenters. The van der Waals surface area contributed by atoms with Crippen molar-refractivity contribution in [2.45, 2.75) is 11.8 Å². The van der Waals surface area contributed by atoms with Crippen LogP contribution in [0.25, 0.3) is 0 Å². The molecule has 0 aliphatic rings. The molecule has 2 aromatic carbocycles. The van der Waals surface area contributed by atoms with Gasteiger partial charge in [-0.1, -0.05) is 6.07 Å². The summed E-state index contributed by atoms with van der Waals surface area (Å²) in [5.74, 6) is 0.587. The van der Waals surface area contributed by atoms with Crippen LogP contribution in [0, 0.1) is 6.92 Å². The van der Waals surface area contributed by atoms with Crippen molar-refractivity contribution < 1.29 is 23.0 Å². The molecule has 0 aliphatic heterocycles. The zero-order valence-electron chi connectivity index (χ0n) is 12.5. The van der Waals surface area contributed by atoms with E-state index in [1.54, 1.807) is 19.1 Å². The van der Waals surface area contributed by atoms with Gasteiger partial charge in [-0.2, -0.15) is 0 Å². The molecular formula is C15H17NO5S. The molecule has 0 radical (unpaired) electrons. The Labute approximate surface area is 129 Å². The second-order valence-corrected chi connectivity index (χ2v) is 6.33. The molecule has 2 rings (SSSR count). The Hall–Kier alpha value is -2.41. The van der Waals surface area contributed by atoms with E-state index in [9.17, 15) is 13.5 Å². The second-order valence-electron chi connectivity index (χ2n) is 4.68. The van der Waals surface area contributed by atoms with Crippen LogP contribution in [0.4, 0.5) is 5.69 Å². The van der Waals surface area contributed by atoms with Gasteiger partial charge >= 0.3 is 0 Å². The highest BCUT2D eigenvalue weighted by molar-refractivity contribution is 7.92. The lowest BCUT2D eigenvalue weighted by atomic mass is 10.2. The topological polar surface area (TPSA) is 84.9 Å². The van der Waals surface area contributed by atoms with Crippen LogP contribution >= 0.6 is 0 Å². The maximum absolute atomic E-state index is 12.4. The number of ether oxygens (including phenoxy) is 2. The minimum Gasteiger partial charge on any atom is -0.507 e. The van der Waals surface area contributed by atoms with Gasteiger partial charge in [0.25, 0.3) is 10.0 Å². The minimum atomic E-state index is -3.93. The van der Waals surface area contributed by atoms with Crippen LogP contribution in [0.2, 0.25) is 0 Å². The average molecular weight is 323 g/mol. The Morgan fingerprint density at radius 2 is 1.59 bits per heavy atom. The second kappa shape index (κ2) is 6.15. The third-order valence-corrected chi connectivity index (χ3v) is 4.42. The SMILES string of the molecule is COc1cc(NS(=O)(=O)c2cc(C)ccc2O)cc(OC)c1. The van der Waals surface area contributed by atoms with Crippen LogP contribution in [0.15, 0.2) is 41.3 Å². The van der Waals surface area contributed by atoms with Gasteiger partial charge in [-0.15, -0.1) is 0 Å². The number of methoxy groups -OCH3 is 2. The molecule has 7 heteroatoms. The molecule has 2 aromatic rings. The Morgan fingerprint density at radius 3 is 2.14 bits per heavy atom. The molecule has 0 saturated heterocycles. The molecule has 0 aliphatic carbocycles. The van der Waals surface area contributed by atoms with Crippen molar-refractivity contribution in [1.82, 2.24) is 0 Å². The molecule has 0 spiro atoms. The summed E-state index contributed by atoms with van der Waals surface area (Å²) >= 11 is 0. The summed E-state index contributed by atoms with van der Waals surface area (Å²) in [7, 11) is -0.984.